The van der Waals surface area contributed by atoms with E-state index in [2.05, 4.69) is 17.2 Å². The third kappa shape index (κ3) is 3.76. The van der Waals surface area contributed by atoms with Crippen LogP contribution in [0, 0.1) is 17.8 Å². The topological polar surface area (TPSA) is 72.2 Å². The van der Waals surface area contributed by atoms with Crippen LogP contribution in [0.1, 0.15) is 32.6 Å². The molecule has 0 unspecified atom stereocenters. The standard InChI is InChI=1S/C24H25ClN2O3S/c1-15(20-14-16-11-12-17(20)13-16)26-23-24(31(28,29)18-7-3-2-4-8-18)27-22(30-23)19-9-5-6-10-21(19)25/h2-10,15-17,20,26H,11-14H2,1H3/t15-,16+,17+,20-/m1/s1. The first-order valence-corrected chi connectivity index (χ1v) is 12.6. The smallest absolute Gasteiger partial charge is 0.234 e. The van der Waals surface area contributed by atoms with Crippen molar-refractivity contribution in [2.24, 2.45) is 17.8 Å². The van der Waals surface area contributed by atoms with Gasteiger partial charge in [-0.05, 0) is 68.2 Å². The van der Waals surface area contributed by atoms with Crippen LogP contribution in [0.5, 0.6) is 0 Å². The van der Waals surface area contributed by atoms with Crippen LogP contribution >= 0.6 is 11.6 Å². The van der Waals surface area contributed by atoms with Crippen molar-refractivity contribution >= 4 is 27.3 Å². The maximum atomic E-state index is 13.4. The molecule has 162 valence electrons. The molecule has 2 aromatic carbocycles. The van der Waals surface area contributed by atoms with E-state index in [4.69, 9.17) is 16.0 Å². The van der Waals surface area contributed by atoms with Gasteiger partial charge in [0.25, 0.3) is 0 Å². The average molecular weight is 457 g/mol. The average Bonchev–Trinajstić information content (AvgIpc) is 3.51. The molecule has 5 rings (SSSR count). The van der Waals surface area contributed by atoms with Gasteiger partial charge in [-0.15, -0.1) is 0 Å². The van der Waals surface area contributed by atoms with Crippen molar-refractivity contribution in [1.29, 1.82) is 0 Å². The van der Waals surface area contributed by atoms with Crippen LogP contribution in [0.15, 0.2) is 68.9 Å². The number of hydrogen-bond acceptors (Lipinski definition) is 5. The Morgan fingerprint density at radius 2 is 1.81 bits per heavy atom. The van der Waals surface area contributed by atoms with Crippen molar-refractivity contribution in [3.63, 3.8) is 0 Å². The van der Waals surface area contributed by atoms with Crippen LogP contribution in [0.3, 0.4) is 0 Å². The quantitative estimate of drug-likeness (QED) is 0.487. The summed E-state index contributed by atoms with van der Waals surface area (Å²) in [6.07, 6.45) is 5.05. The number of halogens is 1. The lowest BCUT2D eigenvalue weighted by atomic mass is 9.84. The molecular weight excluding hydrogens is 432 g/mol. The van der Waals surface area contributed by atoms with E-state index in [1.54, 1.807) is 42.5 Å². The van der Waals surface area contributed by atoms with Crippen molar-refractivity contribution in [1.82, 2.24) is 4.98 Å². The third-order valence-corrected chi connectivity index (χ3v) is 8.81. The summed E-state index contributed by atoms with van der Waals surface area (Å²) in [6.45, 7) is 2.11. The lowest BCUT2D eigenvalue weighted by Crippen LogP contribution is -2.30. The molecule has 4 atom stereocenters. The van der Waals surface area contributed by atoms with Gasteiger partial charge in [0.15, 0.2) is 0 Å². The molecule has 1 heterocycles. The predicted octanol–water partition coefficient (Wildman–Crippen LogP) is 6.06. The van der Waals surface area contributed by atoms with Gasteiger partial charge in [0.2, 0.25) is 26.6 Å². The van der Waals surface area contributed by atoms with Crippen LogP contribution in [0.4, 0.5) is 5.88 Å². The number of sulfone groups is 1. The fourth-order valence-corrected chi connectivity index (χ4v) is 6.76. The van der Waals surface area contributed by atoms with E-state index in [-0.39, 0.29) is 27.7 Å². The molecule has 0 radical (unpaired) electrons. The molecule has 0 amide bonds. The van der Waals surface area contributed by atoms with Gasteiger partial charge < -0.3 is 9.73 Å². The second-order valence-corrected chi connectivity index (χ2v) is 11.0. The molecule has 0 spiro atoms. The summed E-state index contributed by atoms with van der Waals surface area (Å²) in [4.78, 5) is 4.60. The number of benzene rings is 2. The normalized spacial score (nSPS) is 23.7. The number of fused-ring (bicyclic) bond motifs is 2. The number of anilines is 1. The van der Waals surface area contributed by atoms with Crippen molar-refractivity contribution < 1.29 is 12.8 Å². The van der Waals surface area contributed by atoms with E-state index in [9.17, 15) is 8.42 Å². The fraction of sp³-hybridized carbons (Fsp3) is 0.375. The highest BCUT2D eigenvalue weighted by atomic mass is 35.5. The molecule has 3 aromatic rings. The van der Waals surface area contributed by atoms with E-state index in [0.29, 0.717) is 22.4 Å². The highest BCUT2D eigenvalue weighted by molar-refractivity contribution is 7.91. The zero-order chi connectivity index (χ0) is 21.6. The molecular formula is C24H25ClN2O3S. The second-order valence-electron chi connectivity index (χ2n) is 8.72. The Bertz CT molecular complexity index is 1190. The van der Waals surface area contributed by atoms with E-state index < -0.39 is 9.84 Å². The van der Waals surface area contributed by atoms with Gasteiger partial charge in [-0.25, -0.2) is 8.42 Å². The van der Waals surface area contributed by atoms with Gasteiger partial charge >= 0.3 is 0 Å². The summed E-state index contributed by atoms with van der Waals surface area (Å²) in [5.41, 5.74) is 0.564. The minimum atomic E-state index is -3.86. The highest BCUT2D eigenvalue weighted by Crippen LogP contribution is 2.50. The molecule has 7 heteroatoms. The zero-order valence-corrected chi connectivity index (χ0v) is 18.9. The van der Waals surface area contributed by atoms with Crippen LogP contribution < -0.4 is 5.32 Å². The van der Waals surface area contributed by atoms with E-state index in [0.717, 1.165) is 5.92 Å². The molecule has 2 aliphatic carbocycles. The van der Waals surface area contributed by atoms with Crippen molar-refractivity contribution in [3.05, 3.63) is 59.6 Å². The lowest BCUT2D eigenvalue weighted by Gasteiger charge is -2.28. The van der Waals surface area contributed by atoms with Crippen LogP contribution in [-0.4, -0.2) is 19.4 Å². The molecule has 2 aliphatic rings. The van der Waals surface area contributed by atoms with Gasteiger partial charge in [0, 0.05) is 6.04 Å². The molecule has 0 saturated heterocycles. The molecule has 31 heavy (non-hydrogen) atoms. The number of nitrogens with zero attached hydrogens (tertiary/aromatic N) is 1. The summed E-state index contributed by atoms with van der Waals surface area (Å²) in [6, 6.07) is 15.6. The fourth-order valence-electron chi connectivity index (χ4n) is 5.26. The minimum Gasteiger partial charge on any atom is -0.419 e. The second kappa shape index (κ2) is 7.99. The minimum absolute atomic E-state index is 0.0899. The third-order valence-electron chi connectivity index (χ3n) is 6.80. The maximum Gasteiger partial charge on any atom is 0.234 e. The van der Waals surface area contributed by atoms with E-state index in [1.807, 2.05) is 12.1 Å². The van der Waals surface area contributed by atoms with Crippen molar-refractivity contribution in [3.8, 4) is 11.5 Å². The SMILES string of the molecule is C[C@@H](Nc1oc(-c2ccccc2Cl)nc1S(=O)(=O)c1ccccc1)[C@H]1C[C@H]2CC[C@H]1C2. The summed E-state index contributed by atoms with van der Waals surface area (Å²) >= 11 is 6.33. The van der Waals surface area contributed by atoms with Crippen LogP contribution in [0.2, 0.25) is 5.02 Å². The van der Waals surface area contributed by atoms with Crippen LogP contribution in [0.25, 0.3) is 11.5 Å². The molecule has 2 saturated carbocycles. The first-order chi connectivity index (χ1) is 14.9. The number of rotatable bonds is 6. The largest absolute Gasteiger partial charge is 0.419 e. The Kier molecular flexibility index (Phi) is 5.30. The lowest BCUT2D eigenvalue weighted by molar-refractivity contribution is 0.301. The van der Waals surface area contributed by atoms with Crippen LogP contribution in [-0.2, 0) is 9.84 Å². The number of aromatic nitrogens is 1. The molecule has 5 nitrogen and oxygen atoms in total. The Balaban J connectivity index is 1.55. The predicted molar refractivity (Wildman–Crippen MR) is 121 cm³/mol. The van der Waals surface area contributed by atoms with Crippen molar-refractivity contribution in [2.45, 2.75) is 48.6 Å². The maximum absolute atomic E-state index is 13.4. The molecule has 1 N–H and O–H groups in total. The summed E-state index contributed by atoms with van der Waals surface area (Å²) < 4.78 is 32.9. The van der Waals surface area contributed by atoms with E-state index >= 15 is 0 Å². The van der Waals surface area contributed by atoms with Gasteiger partial charge in [0.1, 0.15) is 0 Å². The molecule has 2 fully saturated rings. The Morgan fingerprint density at radius 1 is 1.06 bits per heavy atom. The van der Waals surface area contributed by atoms with Gasteiger partial charge in [-0.2, -0.15) is 4.98 Å². The Morgan fingerprint density at radius 3 is 2.48 bits per heavy atom. The first kappa shape index (κ1) is 20.6. The Hall–Kier alpha value is -2.31. The molecule has 0 aliphatic heterocycles. The van der Waals surface area contributed by atoms with E-state index in [1.165, 1.54) is 25.7 Å². The summed E-state index contributed by atoms with van der Waals surface area (Å²) in [5, 5.41) is 3.74. The van der Waals surface area contributed by atoms with Gasteiger partial charge in [0.05, 0.1) is 15.5 Å². The number of oxazole rings is 1. The summed E-state index contributed by atoms with van der Waals surface area (Å²) in [5.74, 6) is 2.41. The monoisotopic (exact) mass is 456 g/mol. The molecule has 1 aromatic heterocycles. The zero-order valence-electron chi connectivity index (χ0n) is 17.3. The Labute approximate surface area is 187 Å². The number of nitrogens with one attached hydrogen (secondary N) is 1. The van der Waals surface area contributed by atoms with Gasteiger partial charge in [-0.3, -0.25) is 0 Å². The first-order valence-electron chi connectivity index (χ1n) is 10.8. The summed E-state index contributed by atoms with van der Waals surface area (Å²) in [7, 11) is -3.86. The number of hydrogen-bond donors (Lipinski definition) is 1. The van der Waals surface area contributed by atoms with Gasteiger partial charge in [-0.1, -0.05) is 48.4 Å². The molecule has 2 bridgehead atoms. The highest BCUT2D eigenvalue weighted by Gasteiger charge is 2.42. The van der Waals surface area contributed by atoms with Crippen molar-refractivity contribution in [2.75, 3.05) is 5.32 Å².